The highest BCUT2D eigenvalue weighted by molar-refractivity contribution is 6.09. The molecular formula is C21H24N2O2. The van der Waals surface area contributed by atoms with Gasteiger partial charge < -0.3 is 15.3 Å². The molecule has 0 bridgehead atoms. The Bertz CT molecular complexity index is 770. The number of likely N-dealkylation sites (N-methyl/N-ethyl adjacent to an activating group) is 1. The maximum absolute atomic E-state index is 13.5. The predicted octanol–water partition coefficient (Wildman–Crippen LogP) is 2.78. The molecule has 2 atom stereocenters. The van der Waals surface area contributed by atoms with Crippen molar-refractivity contribution in [3.05, 3.63) is 65.7 Å². The molecule has 1 saturated carbocycles. The number of rotatable bonds is 5. The molecule has 2 aromatic carbocycles. The largest absolute Gasteiger partial charge is 0.389 e. The molecule has 130 valence electrons. The van der Waals surface area contributed by atoms with Crippen LogP contribution >= 0.6 is 0 Å². The van der Waals surface area contributed by atoms with Gasteiger partial charge in [0, 0.05) is 12.2 Å². The normalized spacial score (nSPS) is 20.2. The van der Waals surface area contributed by atoms with E-state index >= 15 is 0 Å². The molecule has 1 aliphatic carbocycles. The Morgan fingerprint density at radius 1 is 1.12 bits per heavy atom. The fourth-order valence-electron chi connectivity index (χ4n) is 4.35. The van der Waals surface area contributed by atoms with Crippen LogP contribution in [0, 0.1) is 0 Å². The highest BCUT2D eigenvalue weighted by Gasteiger charge is 2.56. The molecule has 0 radical (unpaired) electrons. The first-order valence-corrected chi connectivity index (χ1v) is 9.00. The average molecular weight is 336 g/mol. The second kappa shape index (κ2) is 6.28. The van der Waals surface area contributed by atoms with Crippen molar-refractivity contribution in [1.29, 1.82) is 0 Å². The summed E-state index contributed by atoms with van der Waals surface area (Å²) in [6.45, 7) is 0.429. The number of benzene rings is 2. The van der Waals surface area contributed by atoms with Crippen LogP contribution in [0.5, 0.6) is 0 Å². The van der Waals surface area contributed by atoms with Crippen molar-refractivity contribution in [2.24, 2.45) is 0 Å². The van der Waals surface area contributed by atoms with Crippen LogP contribution in [0.4, 0.5) is 5.69 Å². The number of hydrogen-bond donors (Lipinski definition) is 2. The first-order valence-electron chi connectivity index (χ1n) is 9.00. The van der Waals surface area contributed by atoms with E-state index in [4.69, 9.17) is 0 Å². The lowest BCUT2D eigenvalue weighted by molar-refractivity contribution is -0.127. The van der Waals surface area contributed by atoms with E-state index in [1.165, 1.54) is 0 Å². The third-order valence-corrected chi connectivity index (χ3v) is 5.71. The smallest absolute Gasteiger partial charge is 0.238 e. The minimum Gasteiger partial charge on any atom is -0.389 e. The molecule has 4 nitrogen and oxygen atoms in total. The van der Waals surface area contributed by atoms with Gasteiger partial charge in [0.1, 0.15) is 0 Å². The maximum atomic E-state index is 13.5. The summed E-state index contributed by atoms with van der Waals surface area (Å²) in [5, 5.41) is 13.9. The van der Waals surface area contributed by atoms with Gasteiger partial charge in [0.05, 0.1) is 17.6 Å². The number of hydrogen-bond acceptors (Lipinski definition) is 3. The number of para-hydroxylation sites is 1. The van der Waals surface area contributed by atoms with Crippen LogP contribution < -0.4 is 10.2 Å². The van der Waals surface area contributed by atoms with Gasteiger partial charge in [0.25, 0.3) is 0 Å². The molecule has 4 heteroatoms. The molecular weight excluding hydrogens is 312 g/mol. The molecule has 2 aliphatic rings. The van der Waals surface area contributed by atoms with E-state index in [1.54, 1.807) is 0 Å². The van der Waals surface area contributed by atoms with E-state index in [9.17, 15) is 9.90 Å². The van der Waals surface area contributed by atoms with E-state index in [-0.39, 0.29) is 17.4 Å². The third kappa shape index (κ3) is 2.40. The second-order valence-electron chi connectivity index (χ2n) is 7.11. The van der Waals surface area contributed by atoms with Gasteiger partial charge in [-0.05, 0) is 37.1 Å². The molecule has 1 unspecified atom stereocenters. The van der Waals surface area contributed by atoms with E-state index in [2.05, 4.69) is 11.4 Å². The van der Waals surface area contributed by atoms with Crippen LogP contribution in [-0.4, -0.2) is 30.7 Å². The number of anilines is 1. The van der Waals surface area contributed by atoms with Gasteiger partial charge in [-0.3, -0.25) is 4.79 Å². The van der Waals surface area contributed by atoms with Crippen molar-refractivity contribution in [3.63, 3.8) is 0 Å². The van der Waals surface area contributed by atoms with Crippen molar-refractivity contribution in [3.8, 4) is 0 Å². The van der Waals surface area contributed by atoms with Crippen molar-refractivity contribution in [2.45, 2.75) is 36.8 Å². The Morgan fingerprint density at radius 2 is 1.80 bits per heavy atom. The van der Waals surface area contributed by atoms with Gasteiger partial charge in [-0.15, -0.1) is 0 Å². The van der Waals surface area contributed by atoms with Gasteiger partial charge in [-0.1, -0.05) is 55.0 Å². The summed E-state index contributed by atoms with van der Waals surface area (Å²) in [6.07, 6.45) is 2.22. The molecule has 1 fully saturated rings. The predicted molar refractivity (Wildman–Crippen MR) is 98.6 cm³/mol. The summed E-state index contributed by atoms with van der Waals surface area (Å²) in [5.74, 6) is 0.143. The van der Waals surface area contributed by atoms with Crippen molar-refractivity contribution in [2.75, 3.05) is 18.5 Å². The fourth-order valence-corrected chi connectivity index (χ4v) is 4.35. The summed E-state index contributed by atoms with van der Waals surface area (Å²) >= 11 is 0. The molecule has 4 rings (SSSR count). The number of nitrogens with zero attached hydrogens (tertiary/aromatic N) is 1. The van der Waals surface area contributed by atoms with E-state index in [0.717, 1.165) is 36.1 Å². The molecule has 1 spiro atoms. The highest BCUT2D eigenvalue weighted by atomic mass is 16.3. The standard InChI is InChI=1S/C21H24N2O2/c1-22-14-18(24)19(15-8-3-2-4-9-15)23-17-11-6-5-10-16(17)21(20(23)25)12-7-13-21/h2-6,8-11,18-19,22,24H,7,12-14H2,1H3/t18?,19-/m0/s1. The summed E-state index contributed by atoms with van der Waals surface area (Å²) in [7, 11) is 1.82. The zero-order valence-corrected chi connectivity index (χ0v) is 14.5. The van der Waals surface area contributed by atoms with Crippen LogP contribution in [0.2, 0.25) is 0 Å². The van der Waals surface area contributed by atoms with Crippen molar-refractivity contribution in [1.82, 2.24) is 5.32 Å². The van der Waals surface area contributed by atoms with Gasteiger partial charge in [-0.25, -0.2) is 0 Å². The van der Waals surface area contributed by atoms with Gasteiger partial charge in [-0.2, -0.15) is 0 Å². The van der Waals surface area contributed by atoms with Crippen LogP contribution in [-0.2, 0) is 10.2 Å². The zero-order valence-electron chi connectivity index (χ0n) is 14.5. The lowest BCUT2D eigenvalue weighted by Gasteiger charge is -2.39. The lowest BCUT2D eigenvalue weighted by Crippen LogP contribution is -2.49. The Labute approximate surface area is 148 Å². The molecule has 0 saturated heterocycles. The van der Waals surface area contributed by atoms with Crippen molar-refractivity contribution < 1.29 is 9.90 Å². The van der Waals surface area contributed by atoms with Crippen LogP contribution in [0.3, 0.4) is 0 Å². The van der Waals surface area contributed by atoms with E-state index in [0.29, 0.717) is 6.54 Å². The number of fused-ring (bicyclic) bond motifs is 2. The molecule has 1 heterocycles. The Hall–Kier alpha value is -2.17. The van der Waals surface area contributed by atoms with Gasteiger partial charge in [0.2, 0.25) is 5.91 Å². The zero-order chi connectivity index (χ0) is 17.4. The minimum atomic E-state index is -0.681. The Balaban J connectivity index is 1.83. The average Bonchev–Trinajstić information content (AvgIpc) is 2.86. The number of aliphatic hydroxyl groups excluding tert-OH is 1. The summed E-state index contributed by atoms with van der Waals surface area (Å²) in [4.78, 5) is 15.3. The molecule has 25 heavy (non-hydrogen) atoms. The van der Waals surface area contributed by atoms with E-state index in [1.807, 2.05) is 60.5 Å². The topological polar surface area (TPSA) is 52.6 Å². The SMILES string of the molecule is CNCC(O)[C@H](c1ccccc1)N1C(=O)C2(CCC2)c2ccccc21. The quantitative estimate of drug-likeness (QED) is 0.883. The Morgan fingerprint density at radius 3 is 2.44 bits per heavy atom. The fraction of sp³-hybridized carbons (Fsp3) is 0.381. The van der Waals surface area contributed by atoms with Gasteiger partial charge >= 0.3 is 0 Å². The first-order chi connectivity index (χ1) is 12.2. The second-order valence-corrected chi connectivity index (χ2v) is 7.11. The number of carbonyl (C=O) groups is 1. The maximum Gasteiger partial charge on any atom is 0.238 e. The molecule has 1 aliphatic heterocycles. The highest BCUT2D eigenvalue weighted by Crippen LogP contribution is 2.55. The summed E-state index contributed by atoms with van der Waals surface area (Å²) in [6, 6.07) is 17.6. The van der Waals surface area contributed by atoms with Crippen LogP contribution in [0.25, 0.3) is 0 Å². The third-order valence-electron chi connectivity index (χ3n) is 5.71. The van der Waals surface area contributed by atoms with Gasteiger partial charge in [0.15, 0.2) is 0 Å². The summed E-state index contributed by atoms with van der Waals surface area (Å²) < 4.78 is 0. The minimum absolute atomic E-state index is 0.143. The molecule has 1 amide bonds. The number of aliphatic hydroxyl groups is 1. The number of nitrogens with one attached hydrogen (secondary N) is 1. The molecule has 2 aromatic rings. The molecule has 0 aromatic heterocycles. The monoisotopic (exact) mass is 336 g/mol. The lowest BCUT2D eigenvalue weighted by atomic mass is 9.65. The molecule has 2 N–H and O–H groups in total. The Kier molecular flexibility index (Phi) is 4.10. The summed E-state index contributed by atoms with van der Waals surface area (Å²) in [5.41, 5.74) is 2.67. The van der Waals surface area contributed by atoms with E-state index < -0.39 is 6.10 Å². The number of carbonyl (C=O) groups excluding carboxylic acids is 1. The van der Waals surface area contributed by atoms with Crippen LogP contribution in [0.1, 0.15) is 36.4 Å². The van der Waals surface area contributed by atoms with Crippen molar-refractivity contribution >= 4 is 11.6 Å². The number of amides is 1. The first kappa shape index (κ1) is 16.3. The van der Waals surface area contributed by atoms with Crippen LogP contribution in [0.15, 0.2) is 54.6 Å².